The van der Waals surface area contributed by atoms with Gasteiger partial charge in [0.15, 0.2) is 0 Å². The van der Waals surface area contributed by atoms with E-state index in [1.54, 1.807) is 12.3 Å². The first-order valence-corrected chi connectivity index (χ1v) is 6.82. The molecule has 0 aliphatic rings. The average Bonchev–Trinajstić information content (AvgIpc) is 2.97. The summed E-state index contributed by atoms with van der Waals surface area (Å²) in [4.78, 5) is 16.5. The Morgan fingerprint density at radius 3 is 2.57 bits per heavy atom. The van der Waals surface area contributed by atoms with Crippen LogP contribution in [0.3, 0.4) is 0 Å². The molecule has 0 saturated carbocycles. The topological polar surface area (TPSA) is 84.4 Å². The molecule has 2 aromatic rings. The maximum Gasteiger partial charge on any atom is 0.433 e. The van der Waals surface area contributed by atoms with Crippen LogP contribution in [0.15, 0.2) is 34.9 Å². The number of nitrogens with zero attached hydrogens (tertiary/aromatic N) is 3. The molecule has 0 saturated heterocycles. The van der Waals surface area contributed by atoms with Gasteiger partial charge in [-0.1, -0.05) is 0 Å². The Hall–Kier alpha value is -2.57. The normalized spacial score (nSPS) is 10.4. The summed E-state index contributed by atoms with van der Waals surface area (Å²) in [6.45, 7) is 6.36. The zero-order chi connectivity index (χ0) is 15.2. The molecular formula is C14H18N4O3. The molecule has 0 fully saturated rings. The van der Waals surface area contributed by atoms with Crippen molar-refractivity contribution in [3.05, 3.63) is 46.3 Å². The van der Waals surface area contributed by atoms with Crippen LogP contribution in [0.4, 0.5) is 17.4 Å². The van der Waals surface area contributed by atoms with Crippen LogP contribution in [0.2, 0.25) is 0 Å². The molecule has 0 radical (unpaired) electrons. The summed E-state index contributed by atoms with van der Waals surface area (Å²) in [6.07, 6.45) is 1.74. The van der Waals surface area contributed by atoms with E-state index in [2.05, 4.69) is 29.0 Å². The maximum absolute atomic E-state index is 10.5. The van der Waals surface area contributed by atoms with Crippen molar-refractivity contribution in [2.75, 3.05) is 23.3 Å². The van der Waals surface area contributed by atoms with Gasteiger partial charge in [0.1, 0.15) is 16.5 Å². The standard InChI is InChI=1S/C14H18N4O3/c1-3-17(4-2)13-7-5-11(9-16-13)15-10-12-6-8-14(21-12)18(19)20/h5-9,15H,3-4,10H2,1-2H3. The van der Waals surface area contributed by atoms with Crippen LogP contribution < -0.4 is 10.2 Å². The second kappa shape index (κ2) is 6.74. The molecule has 0 aromatic carbocycles. The van der Waals surface area contributed by atoms with Gasteiger partial charge in [0.2, 0.25) is 0 Å². The highest BCUT2D eigenvalue weighted by Gasteiger charge is 2.11. The fourth-order valence-corrected chi connectivity index (χ4v) is 1.97. The number of furan rings is 1. The number of hydrogen-bond acceptors (Lipinski definition) is 6. The van der Waals surface area contributed by atoms with Crippen molar-refractivity contribution in [1.82, 2.24) is 4.98 Å². The van der Waals surface area contributed by atoms with Gasteiger partial charge >= 0.3 is 5.88 Å². The van der Waals surface area contributed by atoms with Crippen LogP contribution in [-0.2, 0) is 6.54 Å². The molecule has 112 valence electrons. The summed E-state index contributed by atoms with van der Waals surface area (Å²) in [5, 5.41) is 13.6. The predicted molar refractivity (Wildman–Crippen MR) is 80.5 cm³/mol. The van der Waals surface area contributed by atoms with Crippen LogP contribution in [0, 0.1) is 10.1 Å². The summed E-state index contributed by atoms with van der Waals surface area (Å²) in [5.74, 6) is 1.19. The van der Waals surface area contributed by atoms with Gasteiger partial charge in [-0.2, -0.15) is 0 Å². The minimum absolute atomic E-state index is 0.248. The zero-order valence-electron chi connectivity index (χ0n) is 12.1. The number of rotatable bonds is 7. The Morgan fingerprint density at radius 1 is 1.29 bits per heavy atom. The number of aromatic nitrogens is 1. The van der Waals surface area contributed by atoms with Crippen LogP contribution in [0.5, 0.6) is 0 Å². The lowest BCUT2D eigenvalue weighted by atomic mass is 10.3. The Bertz CT molecular complexity index is 591. The first kappa shape index (κ1) is 14.8. The quantitative estimate of drug-likeness (QED) is 0.623. The second-order valence-electron chi connectivity index (χ2n) is 4.43. The third-order valence-corrected chi connectivity index (χ3v) is 3.13. The van der Waals surface area contributed by atoms with E-state index in [1.165, 1.54) is 6.07 Å². The van der Waals surface area contributed by atoms with Crippen molar-refractivity contribution in [3.8, 4) is 0 Å². The van der Waals surface area contributed by atoms with Gasteiger partial charge in [0.25, 0.3) is 0 Å². The van der Waals surface area contributed by atoms with Crippen molar-refractivity contribution in [2.45, 2.75) is 20.4 Å². The van der Waals surface area contributed by atoms with E-state index in [9.17, 15) is 10.1 Å². The molecule has 0 atom stereocenters. The molecule has 2 aromatic heterocycles. The predicted octanol–water partition coefficient (Wildman–Crippen LogP) is 3.04. The third kappa shape index (κ3) is 3.71. The molecule has 2 rings (SSSR count). The molecule has 21 heavy (non-hydrogen) atoms. The van der Waals surface area contributed by atoms with Gasteiger partial charge in [-0.05, 0) is 32.0 Å². The van der Waals surface area contributed by atoms with Gasteiger partial charge < -0.3 is 14.6 Å². The largest absolute Gasteiger partial charge is 0.433 e. The Balaban J connectivity index is 1.95. The van der Waals surface area contributed by atoms with Crippen molar-refractivity contribution in [3.63, 3.8) is 0 Å². The smallest absolute Gasteiger partial charge is 0.404 e. The lowest BCUT2D eigenvalue weighted by molar-refractivity contribution is -0.402. The highest BCUT2D eigenvalue weighted by molar-refractivity contribution is 5.48. The molecule has 0 amide bonds. The average molecular weight is 290 g/mol. The second-order valence-corrected chi connectivity index (χ2v) is 4.43. The third-order valence-electron chi connectivity index (χ3n) is 3.13. The molecule has 0 spiro atoms. The van der Waals surface area contributed by atoms with E-state index >= 15 is 0 Å². The van der Waals surface area contributed by atoms with Gasteiger partial charge in [-0.25, -0.2) is 4.98 Å². The van der Waals surface area contributed by atoms with Gasteiger partial charge in [-0.3, -0.25) is 10.1 Å². The molecular weight excluding hydrogens is 272 g/mol. The summed E-state index contributed by atoms with van der Waals surface area (Å²) < 4.78 is 5.07. The summed E-state index contributed by atoms with van der Waals surface area (Å²) >= 11 is 0. The van der Waals surface area contributed by atoms with Crippen LogP contribution in [0.25, 0.3) is 0 Å². The summed E-state index contributed by atoms with van der Waals surface area (Å²) in [7, 11) is 0. The van der Waals surface area contributed by atoms with Gasteiger partial charge in [0, 0.05) is 13.1 Å². The van der Waals surface area contributed by atoms with Crippen LogP contribution in [-0.4, -0.2) is 23.0 Å². The fraction of sp³-hybridized carbons (Fsp3) is 0.357. The van der Waals surface area contributed by atoms with E-state index < -0.39 is 4.92 Å². The van der Waals surface area contributed by atoms with Gasteiger partial charge in [-0.15, -0.1) is 0 Å². The first-order chi connectivity index (χ1) is 10.1. The van der Waals surface area contributed by atoms with Crippen molar-refractivity contribution in [2.24, 2.45) is 0 Å². The maximum atomic E-state index is 10.5. The Morgan fingerprint density at radius 2 is 2.05 bits per heavy atom. The van der Waals surface area contributed by atoms with Crippen molar-refractivity contribution in [1.29, 1.82) is 0 Å². The van der Waals surface area contributed by atoms with Crippen LogP contribution >= 0.6 is 0 Å². The number of pyridine rings is 1. The molecule has 0 aliphatic carbocycles. The highest BCUT2D eigenvalue weighted by atomic mass is 16.6. The number of hydrogen-bond donors (Lipinski definition) is 1. The lowest BCUT2D eigenvalue weighted by Gasteiger charge is -2.19. The SMILES string of the molecule is CCN(CC)c1ccc(NCc2ccc([N+](=O)[O-])o2)cn1. The number of anilines is 2. The lowest BCUT2D eigenvalue weighted by Crippen LogP contribution is -2.22. The van der Waals surface area contributed by atoms with E-state index in [4.69, 9.17) is 4.42 Å². The molecule has 0 unspecified atom stereocenters. The van der Waals surface area contributed by atoms with E-state index in [-0.39, 0.29) is 5.88 Å². The zero-order valence-corrected chi connectivity index (χ0v) is 12.1. The molecule has 2 heterocycles. The molecule has 7 heteroatoms. The van der Waals surface area contributed by atoms with E-state index in [0.717, 1.165) is 24.6 Å². The molecule has 0 bridgehead atoms. The fourth-order valence-electron chi connectivity index (χ4n) is 1.97. The first-order valence-electron chi connectivity index (χ1n) is 6.82. The minimum Gasteiger partial charge on any atom is -0.404 e. The number of nitro groups is 1. The van der Waals surface area contributed by atoms with Crippen molar-refractivity contribution < 1.29 is 9.34 Å². The summed E-state index contributed by atoms with van der Waals surface area (Å²) in [6, 6.07) is 6.81. The molecule has 1 N–H and O–H groups in total. The van der Waals surface area contributed by atoms with E-state index in [1.807, 2.05) is 12.1 Å². The monoisotopic (exact) mass is 290 g/mol. The molecule has 0 aliphatic heterocycles. The minimum atomic E-state index is -0.552. The van der Waals surface area contributed by atoms with Gasteiger partial charge in [0.05, 0.1) is 24.5 Å². The Kier molecular flexibility index (Phi) is 4.76. The van der Waals surface area contributed by atoms with Crippen molar-refractivity contribution >= 4 is 17.4 Å². The van der Waals surface area contributed by atoms with E-state index in [0.29, 0.717) is 12.3 Å². The molecule has 7 nitrogen and oxygen atoms in total. The Labute approximate surface area is 122 Å². The summed E-state index contributed by atoms with van der Waals surface area (Å²) in [5.41, 5.74) is 0.838. The highest BCUT2D eigenvalue weighted by Crippen LogP contribution is 2.18. The van der Waals surface area contributed by atoms with Crippen LogP contribution in [0.1, 0.15) is 19.6 Å². The number of nitrogens with one attached hydrogen (secondary N) is 1.